The van der Waals surface area contributed by atoms with Crippen molar-refractivity contribution in [3.63, 3.8) is 0 Å². The van der Waals surface area contributed by atoms with Crippen molar-refractivity contribution in [2.45, 2.75) is 25.7 Å². The summed E-state index contributed by atoms with van der Waals surface area (Å²) in [5.41, 5.74) is 0.813. The number of hydrogen-bond acceptors (Lipinski definition) is 3. The number of aromatic hydroxyl groups is 1. The largest absolute Gasteiger partial charge is 0.507 e. The molecule has 1 rings (SSSR count). The Bertz CT molecular complexity index is 394. The van der Waals surface area contributed by atoms with Crippen LogP contribution in [0.2, 0.25) is 0 Å². The Morgan fingerprint density at radius 3 is 2.07 bits per heavy atom. The van der Waals surface area contributed by atoms with Gasteiger partial charge >= 0.3 is 0 Å². The molecule has 0 aliphatic heterocycles. The monoisotopic (exact) mass is 216 g/mol. The molecule has 0 aliphatic rings. The van der Waals surface area contributed by atoms with Gasteiger partial charge in [-0.05, 0) is 24.6 Å². The average molecular weight is 216 g/mol. The summed E-state index contributed by atoms with van der Waals surface area (Å²) in [6, 6.07) is 4.49. The predicted molar refractivity (Wildman–Crippen MR) is 57.3 cm³/mol. The molecule has 4 heteroatoms. The first kappa shape index (κ1) is 13.0. The zero-order chi connectivity index (χ0) is 11.4. The quantitative estimate of drug-likeness (QED) is 0.782. The van der Waals surface area contributed by atoms with Crippen molar-refractivity contribution in [2.24, 2.45) is 0 Å². The Morgan fingerprint density at radius 1 is 1.21 bits per heavy atom. The van der Waals surface area contributed by atoms with E-state index >= 15 is 0 Å². The number of rotatable bonds is 1. The van der Waals surface area contributed by atoms with Crippen LogP contribution in [0.3, 0.4) is 0 Å². The molecular weight excluding hydrogens is 200 g/mol. The number of hydrogen-bond donors (Lipinski definition) is 1. The van der Waals surface area contributed by atoms with Gasteiger partial charge in [0.2, 0.25) is 0 Å². The highest BCUT2D eigenvalue weighted by atomic mass is 32.2. The van der Waals surface area contributed by atoms with Crippen molar-refractivity contribution < 1.29 is 13.5 Å². The van der Waals surface area contributed by atoms with E-state index in [1.165, 1.54) is 12.1 Å². The van der Waals surface area contributed by atoms with E-state index in [9.17, 15) is 13.5 Å². The molecule has 80 valence electrons. The molecule has 0 saturated heterocycles. The van der Waals surface area contributed by atoms with Crippen LogP contribution in [0.5, 0.6) is 5.75 Å². The van der Waals surface area contributed by atoms with E-state index < -0.39 is 9.84 Å². The molecule has 3 nitrogen and oxygen atoms in total. The van der Waals surface area contributed by atoms with Gasteiger partial charge in [0.05, 0.1) is 0 Å². The second kappa shape index (κ2) is 5.00. The molecule has 0 radical (unpaired) electrons. The lowest BCUT2D eigenvalue weighted by molar-refractivity contribution is 0.459. The van der Waals surface area contributed by atoms with Gasteiger partial charge in [-0.2, -0.15) is 0 Å². The van der Waals surface area contributed by atoms with Crippen molar-refractivity contribution in [1.29, 1.82) is 0 Å². The lowest BCUT2D eigenvalue weighted by Gasteiger charge is -2.02. The molecule has 0 aromatic heterocycles. The molecule has 1 N–H and O–H groups in total. The van der Waals surface area contributed by atoms with Gasteiger partial charge in [0.15, 0.2) is 9.84 Å². The van der Waals surface area contributed by atoms with Crippen LogP contribution in [-0.4, -0.2) is 19.8 Å². The fourth-order valence-electron chi connectivity index (χ4n) is 0.918. The Balaban J connectivity index is 0.000000791. The van der Waals surface area contributed by atoms with Crippen LogP contribution in [0.25, 0.3) is 0 Å². The van der Waals surface area contributed by atoms with Crippen molar-refractivity contribution in [3.8, 4) is 5.75 Å². The van der Waals surface area contributed by atoms with Gasteiger partial charge in [-0.3, -0.25) is 0 Å². The molecule has 0 atom stereocenters. The Morgan fingerprint density at radius 2 is 1.71 bits per heavy atom. The maximum atomic E-state index is 11.0. The van der Waals surface area contributed by atoms with Crippen molar-refractivity contribution >= 4 is 9.84 Å². The maximum absolute atomic E-state index is 11.0. The van der Waals surface area contributed by atoms with E-state index in [1.807, 2.05) is 13.8 Å². The van der Waals surface area contributed by atoms with E-state index in [4.69, 9.17) is 0 Å². The second-order valence-corrected chi connectivity index (χ2v) is 4.73. The van der Waals surface area contributed by atoms with Gasteiger partial charge in [0, 0.05) is 6.26 Å². The molecular formula is C10H16O3S. The molecule has 0 saturated carbocycles. The van der Waals surface area contributed by atoms with Gasteiger partial charge < -0.3 is 5.11 Å². The number of benzene rings is 1. The minimum absolute atomic E-state index is 0.0116. The molecule has 0 bridgehead atoms. The standard InChI is InChI=1S/C8H10O3S.C2H6/c1-6-3-4-7(9)8(5-6)12(2,10)11;1-2/h3-5,9H,1-2H3;1-2H3. The van der Waals surface area contributed by atoms with Crippen molar-refractivity contribution in [2.75, 3.05) is 6.26 Å². The Hall–Kier alpha value is -1.03. The molecule has 0 spiro atoms. The molecule has 1 aromatic rings. The average Bonchev–Trinajstić information content (AvgIpc) is 2.11. The Labute approximate surface area is 85.3 Å². The fraction of sp³-hybridized carbons (Fsp3) is 0.400. The van der Waals surface area contributed by atoms with Crippen LogP contribution in [0.4, 0.5) is 0 Å². The fourth-order valence-corrected chi connectivity index (χ4v) is 1.77. The minimum Gasteiger partial charge on any atom is -0.507 e. The topological polar surface area (TPSA) is 54.4 Å². The first-order valence-electron chi connectivity index (χ1n) is 4.41. The van der Waals surface area contributed by atoms with Crippen LogP contribution in [0.1, 0.15) is 19.4 Å². The summed E-state index contributed by atoms with van der Waals surface area (Å²) < 4.78 is 22.1. The molecule has 0 heterocycles. The molecule has 0 fully saturated rings. The summed E-state index contributed by atoms with van der Waals surface area (Å²) in [6.07, 6.45) is 1.07. The lowest BCUT2D eigenvalue weighted by Crippen LogP contribution is -1.97. The number of sulfone groups is 1. The summed E-state index contributed by atoms with van der Waals surface area (Å²) >= 11 is 0. The highest BCUT2D eigenvalue weighted by Crippen LogP contribution is 2.22. The van der Waals surface area contributed by atoms with E-state index in [0.717, 1.165) is 11.8 Å². The first-order chi connectivity index (χ1) is 6.41. The maximum Gasteiger partial charge on any atom is 0.179 e. The summed E-state index contributed by atoms with van der Waals surface area (Å²) in [5.74, 6) is -0.192. The van der Waals surface area contributed by atoms with Gasteiger partial charge in [-0.15, -0.1) is 0 Å². The summed E-state index contributed by atoms with van der Waals surface area (Å²) in [4.78, 5) is -0.0116. The molecule has 0 aliphatic carbocycles. The van der Waals surface area contributed by atoms with E-state index in [0.29, 0.717) is 0 Å². The summed E-state index contributed by atoms with van der Waals surface area (Å²) in [7, 11) is -3.31. The molecule has 0 amide bonds. The smallest absolute Gasteiger partial charge is 0.179 e. The molecule has 1 aromatic carbocycles. The third kappa shape index (κ3) is 3.38. The summed E-state index contributed by atoms with van der Waals surface area (Å²) in [6.45, 7) is 5.77. The van der Waals surface area contributed by atoms with Gasteiger partial charge in [-0.25, -0.2) is 8.42 Å². The highest BCUT2D eigenvalue weighted by molar-refractivity contribution is 7.90. The van der Waals surface area contributed by atoms with Crippen LogP contribution in [0, 0.1) is 6.92 Å². The van der Waals surface area contributed by atoms with Gasteiger partial charge in [-0.1, -0.05) is 19.9 Å². The van der Waals surface area contributed by atoms with Crippen LogP contribution in [0.15, 0.2) is 23.1 Å². The van der Waals surface area contributed by atoms with Gasteiger partial charge in [0.25, 0.3) is 0 Å². The third-order valence-electron chi connectivity index (χ3n) is 1.51. The SMILES string of the molecule is CC.Cc1ccc(O)c(S(C)(=O)=O)c1. The first-order valence-corrected chi connectivity index (χ1v) is 6.30. The third-order valence-corrected chi connectivity index (χ3v) is 2.64. The zero-order valence-electron chi connectivity index (χ0n) is 8.90. The molecule has 0 unspecified atom stereocenters. The highest BCUT2D eigenvalue weighted by Gasteiger charge is 2.11. The number of phenols is 1. The lowest BCUT2D eigenvalue weighted by atomic mass is 10.2. The molecule has 14 heavy (non-hydrogen) atoms. The predicted octanol–water partition coefficient (Wildman–Crippen LogP) is 2.13. The van der Waals surface area contributed by atoms with E-state index in [-0.39, 0.29) is 10.6 Å². The number of aryl methyl sites for hydroxylation is 1. The zero-order valence-corrected chi connectivity index (χ0v) is 9.72. The minimum atomic E-state index is -3.31. The van der Waals surface area contributed by atoms with Crippen LogP contribution in [-0.2, 0) is 9.84 Å². The second-order valence-electron chi connectivity index (χ2n) is 2.74. The van der Waals surface area contributed by atoms with Crippen LogP contribution < -0.4 is 0 Å². The van der Waals surface area contributed by atoms with Crippen molar-refractivity contribution in [1.82, 2.24) is 0 Å². The van der Waals surface area contributed by atoms with Crippen molar-refractivity contribution in [3.05, 3.63) is 23.8 Å². The van der Waals surface area contributed by atoms with E-state index in [2.05, 4.69) is 0 Å². The van der Waals surface area contributed by atoms with E-state index in [1.54, 1.807) is 13.0 Å². The normalized spacial score (nSPS) is 10.3. The van der Waals surface area contributed by atoms with Crippen LogP contribution >= 0.6 is 0 Å². The summed E-state index contributed by atoms with van der Waals surface area (Å²) in [5, 5.41) is 9.19. The van der Waals surface area contributed by atoms with Gasteiger partial charge in [0.1, 0.15) is 10.6 Å². The number of phenolic OH excluding ortho intramolecular Hbond substituents is 1. The Kier molecular flexibility index (Phi) is 4.63.